The topological polar surface area (TPSA) is 69.9 Å². The molecule has 0 radical (unpaired) electrons. The molecule has 4 nitrogen and oxygen atoms in total. The molecule has 1 fully saturated rings. The average Bonchev–Trinajstić information content (AvgIpc) is 2.69. The fraction of sp³-hybridized carbons (Fsp3) is 0.478. The minimum Gasteiger partial charge on any atom is -0.394 e. The van der Waals surface area contributed by atoms with Gasteiger partial charge in [-0.2, -0.15) is 0 Å². The van der Waals surface area contributed by atoms with E-state index in [0.29, 0.717) is 5.56 Å². The molecule has 0 unspecified atom stereocenters. The van der Waals surface area contributed by atoms with Gasteiger partial charge < -0.3 is 20.1 Å². The van der Waals surface area contributed by atoms with Gasteiger partial charge >= 0.3 is 0 Å². The van der Waals surface area contributed by atoms with E-state index in [2.05, 4.69) is 0 Å². The normalized spacial score (nSPS) is 24.0. The lowest BCUT2D eigenvalue weighted by molar-refractivity contribution is -0.181. The molecule has 2 aromatic carbocycles. The Labute approximate surface area is 170 Å². The number of aryl methyl sites for hydroxylation is 2. The number of aliphatic hydroxyl groups is 3. The molecule has 1 aliphatic heterocycles. The second kappa shape index (κ2) is 10.3. The fourth-order valence-electron chi connectivity index (χ4n) is 3.49. The summed E-state index contributed by atoms with van der Waals surface area (Å²) in [4.78, 5) is 0. The molecule has 4 atom stereocenters. The van der Waals surface area contributed by atoms with E-state index in [9.17, 15) is 24.1 Å². The van der Waals surface area contributed by atoms with Crippen LogP contribution in [-0.2, 0) is 11.2 Å². The number of ether oxygens (including phenoxy) is 1. The van der Waals surface area contributed by atoms with Gasteiger partial charge in [0.2, 0.25) is 0 Å². The highest BCUT2D eigenvalue weighted by molar-refractivity contribution is 5.38. The summed E-state index contributed by atoms with van der Waals surface area (Å²) in [7, 11) is 0. The van der Waals surface area contributed by atoms with Crippen molar-refractivity contribution in [1.82, 2.24) is 0 Å². The smallest absolute Gasteiger partial charge is 0.129 e. The third-order valence-corrected chi connectivity index (χ3v) is 5.15. The molecule has 0 amide bonds. The van der Waals surface area contributed by atoms with Gasteiger partial charge in [0.05, 0.1) is 18.8 Å². The van der Waals surface area contributed by atoms with Crippen LogP contribution in [0.1, 0.15) is 54.2 Å². The molecule has 0 aromatic heterocycles. The van der Waals surface area contributed by atoms with Crippen molar-refractivity contribution < 1.29 is 28.8 Å². The van der Waals surface area contributed by atoms with Crippen molar-refractivity contribution >= 4 is 0 Å². The molecule has 1 saturated heterocycles. The number of benzene rings is 2. The Hall–Kier alpha value is -1.86. The molecule has 0 saturated carbocycles. The molecule has 1 heterocycles. The lowest BCUT2D eigenvalue weighted by atomic mass is 9.91. The lowest BCUT2D eigenvalue weighted by Gasteiger charge is -2.36. The van der Waals surface area contributed by atoms with Gasteiger partial charge in [0.1, 0.15) is 23.8 Å². The van der Waals surface area contributed by atoms with Gasteiger partial charge in [-0.3, -0.25) is 0 Å². The van der Waals surface area contributed by atoms with Crippen molar-refractivity contribution in [3.63, 3.8) is 0 Å². The fourth-order valence-corrected chi connectivity index (χ4v) is 3.49. The quantitative estimate of drug-likeness (QED) is 0.721. The van der Waals surface area contributed by atoms with Crippen LogP contribution in [0.2, 0.25) is 0 Å². The molecule has 1 aliphatic rings. The molecule has 3 N–H and O–H groups in total. The molecular weight excluding hydrogens is 378 g/mol. The summed E-state index contributed by atoms with van der Waals surface area (Å²) in [6, 6.07) is 8.09. The third kappa shape index (κ3) is 5.39. The molecular formula is C23H30F2O4. The zero-order valence-corrected chi connectivity index (χ0v) is 17.3. The Kier molecular flexibility index (Phi) is 8.28. The van der Waals surface area contributed by atoms with Gasteiger partial charge in [0.25, 0.3) is 0 Å². The highest BCUT2D eigenvalue weighted by Gasteiger charge is 2.37. The summed E-state index contributed by atoms with van der Waals surface area (Å²) in [6.45, 7) is 7.09. The molecule has 0 bridgehead atoms. The van der Waals surface area contributed by atoms with Gasteiger partial charge in [0, 0.05) is 18.4 Å². The van der Waals surface area contributed by atoms with Crippen LogP contribution in [0.3, 0.4) is 0 Å². The Bertz CT molecular complexity index is 802. The van der Waals surface area contributed by atoms with E-state index in [1.54, 1.807) is 13.0 Å². The van der Waals surface area contributed by atoms with Crippen LogP contribution in [0.15, 0.2) is 30.3 Å². The first-order chi connectivity index (χ1) is 13.8. The number of rotatable bonds is 4. The molecule has 0 spiro atoms. The molecule has 6 heteroatoms. The van der Waals surface area contributed by atoms with E-state index in [4.69, 9.17) is 4.74 Å². The van der Waals surface area contributed by atoms with E-state index in [1.807, 2.05) is 32.9 Å². The van der Waals surface area contributed by atoms with Crippen molar-refractivity contribution in [3.8, 4) is 0 Å². The van der Waals surface area contributed by atoms with Crippen molar-refractivity contribution in [2.24, 2.45) is 0 Å². The zero-order valence-electron chi connectivity index (χ0n) is 17.3. The maximum Gasteiger partial charge on any atom is 0.129 e. The maximum absolute atomic E-state index is 14.2. The maximum atomic E-state index is 14.2. The van der Waals surface area contributed by atoms with Crippen molar-refractivity contribution in [1.29, 1.82) is 0 Å². The predicted molar refractivity (Wildman–Crippen MR) is 108 cm³/mol. The van der Waals surface area contributed by atoms with Crippen LogP contribution in [0.25, 0.3) is 0 Å². The summed E-state index contributed by atoms with van der Waals surface area (Å²) in [5.41, 5.74) is 2.89. The summed E-state index contributed by atoms with van der Waals surface area (Å²) in [6.07, 6.45) is -3.29. The van der Waals surface area contributed by atoms with Gasteiger partial charge in [-0.05, 0) is 48.2 Å². The van der Waals surface area contributed by atoms with Crippen LogP contribution < -0.4 is 0 Å². The Morgan fingerprint density at radius 1 is 1.03 bits per heavy atom. The summed E-state index contributed by atoms with van der Waals surface area (Å²) >= 11 is 0. The molecule has 0 aliphatic carbocycles. The van der Waals surface area contributed by atoms with Gasteiger partial charge in [0.15, 0.2) is 0 Å². The number of aliphatic hydroxyl groups excluding tert-OH is 3. The number of halogens is 2. The van der Waals surface area contributed by atoms with Crippen molar-refractivity contribution in [2.75, 3.05) is 6.61 Å². The van der Waals surface area contributed by atoms with Crippen molar-refractivity contribution in [3.05, 3.63) is 69.8 Å². The molecule has 3 rings (SSSR count). The molecule has 29 heavy (non-hydrogen) atoms. The largest absolute Gasteiger partial charge is 0.394 e. The molecule has 160 valence electrons. The van der Waals surface area contributed by atoms with Crippen LogP contribution >= 0.6 is 0 Å². The Morgan fingerprint density at radius 3 is 2.24 bits per heavy atom. The van der Waals surface area contributed by atoms with Gasteiger partial charge in [-0.15, -0.1) is 0 Å². The van der Waals surface area contributed by atoms with E-state index in [1.165, 1.54) is 12.1 Å². The van der Waals surface area contributed by atoms with Crippen molar-refractivity contribution in [2.45, 2.75) is 65.0 Å². The molecule has 2 aromatic rings. The number of hydrogen-bond acceptors (Lipinski definition) is 4. The number of hydrogen-bond donors (Lipinski definition) is 3. The highest BCUT2D eigenvalue weighted by atomic mass is 19.1. The minimum atomic E-state index is -1.15. The Morgan fingerprint density at radius 2 is 1.66 bits per heavy atom. The summed E-state index contributed by atoms with van der Waals surface area (Å²) in [5.74, 6) is -1.16. The van der Waals surface area contributed by atoms with Gasteiger partial charge in [-0.25, -0.2) is 8.78 Å². The predicted octanol–water partition coefficient (Wildman–Crippen LogP) is 3.74. The summed E-state index contributed by atoms with van der Waals surface area (Å²) < 4.78 is 34.1. The minimum absolute atomic E-state index is 0.00843. The Balaban J connectivity index is 0.00000145. The van der Waals surface area contributed by atoms with E-state index in [0.717, 1.165) is 16.7 Å². The first-order valence-electron chi connectivity index (χ1n) is 9.96. The first-order valence-corrected chi connectivity index (χ1v) is 9.96. The SMILES string of the molecule is CC.Cc1cc(F)c(Cc2cc([C@H]3C[C@@H](O)[C@H](O)[C@@H](CO)O3)ccc2C)c(F)c1. The van der Waals surface area contributed by atoms with E-state index >= 15 is 0 Å². The van der Waals surface area contributed by atoms with Crippen LogP contribution in [0.5, 0.6) is 0 Å². The van der Waals surface area contributed by atoms with Crippen LogP contribution in [0, 0.1) is 25.5 Å². The van der Waals surface area contributed by atoms with Gasteiger partial charge in [-0.1, -0.05) is 32.0 Å². The third-order valence-electron chi connectivity index (χ3n) is 5.15. The first kappa shape index (κ1) is 23.4. The standard InChI is InChI=1S/C21H24F2O4.C2H6/c1-11-5-16(22)15(17(23)6-11)8-14-7-13(4-3-12(14)2)19-9-18(25)21(26)20(10-24)27-19;1-2/h3-7,18-21,24-26H,8-10H2,1-2H3;1-2H3/t18-,19-,20-,21+;/m1./s1. The second-order valence-corrected chi connectivity index (χ2v) is 7.21. The zero-order chi connectivity index (χ0) is 21.7. The van der Waals surface area contributed by atoms with Crippen LogP contribution in [-0.4, -0.2) is 40.2 Å². The second-order valence-electron chi connectivity index (χ2n) is 7.21. The monoisotopic (exact) mass is 408 g/mol. The lowest BCUT2D eigenvalue weighted by Crippen LogP contribution is -2.47. The van der Waals surface area contributed by atoms with E-state index < -0.39 is 42.7 Å². The van der Waals surface area contributed by atoms with E-state index in [-0.39, 0.29) is 18.4 Å². The average molecular weight is 408 g/mol. The van der Waals surface area contributed by atoms with Crippen LogP contribution in [0.4, 0.5) is 8.78 Å². The highest BCUT2D eigenvalue weighted by Crippen LogP contribution is 2.33. The summed E-state index contributed by atoms with van der Waals surface area (Å²) in [5, 5.41) is 29.2.